The number of hydrogen-bond donors (Lipinski definition) is 2. The van der Waals surface area contributed by atoms with Crippen LogP contribution in [0.25, 0.3) is 0 Å². The van der Waals surface area contributed by atoms with Crippen LogP contribution >= 0.6 is 27.5 Å². The molecule has 3 nitrogen and oxygen atoms in total. The first-order valence-electron chi connectivity index (χ1n) is 8.92. The van der Waals surface area contributed by atoms with Crippen molar-refractivity contribution >= 4 is 44.8 Å². The number of amides is 1. The van der Waals surface area contributed by atoms with Crippen molar-refractivity contribution in [2.45, 2.75) is 31.1 Å². The highest BCUT2D eigenvalue weighted by atomic mass is 79.9. The molecule has 0 saturated heterocycles. The Morgan fingerprint density at radius 2 is 2.07 bits per heavy atom. The molecule has 2 aromatic rings. The maximum Gasteiger partial charge on any atom is 0.236 e. The molecule has 1 aliphatic heterocycles. The Labute approximate surface area is 172 Å². The second-order valence-corrected chi connectivity index (χ2v) is 8.88. The zero-order valence-corrected chi connectivity index (χ0v) is 17.3. The molecule has 27 heavy (non-hydrogen) atoms. The van der Waals surface area contributed by atoms with Crippen LogP contribution in [0.4, 0.5) is 5.69 Å². The lowest BCUT2D eigenvalue weighted by molar-refractivity contribution is -0.123. The van der Waals surface area contributed by atoms with E-state index < -0.39 is 5.41 Å². The van der Waals surface area contributed by atoms with E-state index in [2.05, 4.69) is 27.8 Å². The molecule has 5 heteroatoms. The van der Waals surface area contributed by atoms with Crippen LogP contribution in [0.15, 0.2) is 59.1 Å². The van der Waals surface area contributed by atoms with Crippen molar-refractivity contribution in [2.75, 3.05) is 5.32 Å². The third kappa shape index (κ3) is 2.77. The zero-order valence-electron chi connectivity index (χ0n) is 15.0. The number of benzene rings is 2. The molecule has 138 valence electrons. The van der Waals surface area contributed by atoms with E-state index in [1.165, 1.54) is 0 Å². The topological polar surface area (TPSA) is 53.0 Å². The lowest BCUT2D eigenvalue weighted by atomic mass is 9.54. The monoisotopic (exact) mass is 442 g/mol. The minimum atomic E-state index is -0.781. The Morgan fingerprint density at radius 1 is 1.30 bits per heavy atom. The molecule has 1 aliphatic carbocycles. The van der Waals surface area contributed by atoms with E-state index in [9.17, 15) is 4.79 Å². The number of hydrogen-bond acceptors (Lipinski definition) is 2. The van der Waals surface area contributed by atoms with E-state index in [-0.39, 0.29) is 17.7 Å². The largest absolute Gasteiger partial charge is 0.325 e. The van der Waals surface area contributed by atoms with Gasteiger partial charge in [0.1, 0.15) is 0 Å². The number of rotatable bonds is 2. The van der Waals surface area contributed by atoms with Gasteiger partial charge in [0.25, 0.3) is 0 Å². The summed E-state index contributed by atoms with van der Waals surface area (Å²) < 4.78 is 0.924. The van der Waals surface area contributed by atoms with E-state index in [4.69, 9.17) is 17.0 Å². The van der Waals surface area contributed by atoms with Gasteiger partial charge in [-0.05, 0) is 55.2 Å². The maximum atomic E-state index is 13.5. The van der Waals surface area contributed by atoms with E-state index in [1.807, 2.05) is 49.4 Å². The Morgan fingerprint density at radius 3 is 2.78 bits per heavy atom. The van der Waals surface area contributed by atoms with Crippen LogP contribution in [-0.2, 0) is 10.2 Å². The fraction of sp³-hybridized carbons (Fsp3) is 0.273. The molecule has 1 saturated carbocycles. The number of carbonyl (C=O) groups is 1. The summed E-state index contributed by atoms with van der Waals surface area (Å²) in [4.78, 5) is 13.5. The number of nitrogens with one attached hydrogen (secondary N) is 2. The highest BCUT2D eigenvalue weighted by molar-refractivity contribution is 9.10. The molecule has 1 amide bonds. The average molecular weight is 444 g/mol. The van der Waals surface area contributed by atoms with Crippen LogP contribution in [-0.4, -0.2) is 11.6 Å². The molecule has 0 aromatic heterocycles. The summed E-state index contributed by atoms with van der Waals surface area (Å²) in [6.07, 6.45) is 1.09. The number of carbonyl (C=O) groups excluding carboxylic acids is 1. The first-order chi connectivity index (χ1) is 12.8. The summed E-state index contributed by atoms with van der Waals surface area (Å²) in [6.45, 7) is 6.15. The normalized spacial score (nSPS) is 26.8. The summed E-state index contributed by atoms with van der Waals surface area (Å²) in [5, 5.41) is 12.2. The summed E-state index contributed by atoms with van der Waals surface area (Å²) in [7, 11) is 0. The van der Waals surface area contributed by atoms with E-state index >= 15 is 0 Å². The Bertz CT molecular complexity index is 986. The van der Waals surface area contributed by atoms with Crippen molar-refractivity contribution in [1.82, 2.24) is 0 Å². The van der Waals surface area contributed by atoms with Crippen molar-refractivity contribution in [3.63, 3.8) is 0 Å². The van der Waals surface area contributed by atoms with Crippen molar-refractivity contribution < 1.29 is 4.79 Å². The molecule has 4 rings (SSSR count). The molecule has 1 spiro atoms. The number of fused-ring (bicyclic) bond motifs is 2. The molecule has 0 unspecified atom stereocenters. The predicted octanol–water partition coefficient (Wildman–Crippen LogP) is 6.08. The zero-order chi connectivity index (χ0) is 19.3. The van der Waals surface area contributed by atoms with Gasteiger partial charge in [0.15, 0.2) is 0 Å². The molecule has 3 atom stereocenters. The number of anilines is 1. The molecule has 1 fully saturated rings. The molecule has 2 aromatic carbocycles. The summed E-state index contributed by atoms with van der Waals surface area (Å²) in [5.41, 5.74) is 3.61. The maximum absolute atomic E-state index is 13.5. The van der Waals surface area contributed by atoms with Crippen LogP contribution in [0.5, 0.6) is 0 Å². The molecule has 2 aliphatic rings. The van der Waals surface area contributed by atoms with Crippen molar-refractivity contribution in [1.29, 1.82) is 5.41 Å². The van der Waals surface area contributed by atoms with Crippen LogP contribution in [0, 0.1) is 11.3 Å². The predicted molar refractivity (Wildman–Crippen MR) is 114 cm³/mol. The van der Waals surface area contributed by atoms with E-state index in [0.717, 1.165) is 26.9 Å². The molecular formula is C22H20BrClN2O. The van der Waals surface area contributed by atoms with Gasteiger partial charge in [-0.25, -0.2) is 0 Å². The smallest absolute Gasteiger partial charge is 0.236 e. The first kappa shape index (κ1) is 18.5. The third-order valence-corrected chi connectivity index (χ3v) is 6.63. The van der Waals surface area contributed by atoms with Gasteiger partial charge in [-0.2, -0.15) is 0 Å². The number of halogens is 2. The SMILES string of the molecule is C=C(C)[C@H]1CC(=N)C[C@@H](c2cccc(Cl)c2)[C@]12C(=O)Nc1cc(Br)ccc12. The van der Waals surface area contributed by atoms with Crippen molar-refractivity contribution in [2.24, 2.45) is 5.92 Å². The Kier molecular flexibility index (Phi) is 4.52. The lowest BCUT2D eigenvalue weighted by Crippen LogP contribution is -2.51. The molecule has 2 N–H and O–H groups in total. The highest BCUT2D eigenvalue weighted by Gasteiger charge is 2.59. The van der Waals surface area contributed by atoms with Gasteiger partial charge >= 0.3 is 0 Å². The standard InChI is InChI=1S/C22H20BrClN2O/c1-12(2)18-10-16(25)11-19(13-4-3-5-15(24)8-13)22(18)17-7-6-14(23)9-20(17)26-21(22)27/h3-9,18-19,25H,1,10-11H2,2H3,(H,26,27)/t18-,19+,22-/m1/s1. The van der Waals surface area contributed by atoms with Crippen molar-refractivity contribution in [3.8, 4) is 0 Å². The molecule has 0 radical (unpaired) electrons. The van der Waals surface area contributed by atoms with Gasteiger partial charge in [-0.15, -0.1) is 0 Å². The fourth-order valence-corrected chi connectivity index (χ4v) is 5.39. The molecule has 1 heterocycles. The van der Waals surface area contributed by atoms with E-state index in [1.54, 1.807) is 0 Å². The molecule has 0 bridgehead atoms. The second-order valence-electron chi connectivity index (χ2n) is 7.53. The number of allylic oxidation sites excluding steroid dienone is 1. The summed E-state index contributed by atoms with van der Waals surface area (Å²) in [6, 6.07) is 13.6. The average Bonchev–Trinajstić information content (AvgIpc) is 2.88. The quantitative estimate of drug-likeness (QED) is 0.543. The minimum Gasteiger partial charge on any atom is -0.325 e. The Balaban J connectivity index is 2.01. The molecular weight excluding hydrogens is 424 g/mol. The minimum absolute atomic E-state index is 0.0129. The van der Waals surface area contributed by atoms with Gasteiger partial charge in [-0.1, -0.05) is 57.9 Å². The lowest BCUT2D eigenvalue weighted by Gasteiger charge is -2.47. The van der Waals surface area contributed by atoms with E-state index in [0.29, 0.717) is 23.6 Å². The Hall–Kier alpha value is -1.91. The van der Waals surface area contributed by atoms with Gasteiger partial charge in [0, 0.05) is 32.7 Å². The highest BCUT2D eigenvalue weighted by Crippen LogP contribution is 2.58. The first-order valence-corrected chi connectivity index (χ1v) is 10.1. The summed E-state index contributed by atoms with van der Waals surface area (Å²) >= 11 is 9.77. The second kappa shape index (κ2) is 6.61. The van der Waals surface area contributed by atoms with Gasteiger partial charge in [0.2, 0.25) is 5.91 Å². The van der Waals surface area contributed by atoms with Crippen LogP contribution < -0.4 is 5.32 Å². The summed E-state index contributed by atoms with van der Waals surface area (Å²) in [5.74, 6) is -0.312. The van der Waals surface area contributed by atoms with Crippen LogP contribution in [0.1, 0.15) is 36.8 Å². The van der Waals surface area contributed by atoms with Crippen LogP contribution in [0.3, 0.4) is 0 Å². The van der Waals surface area contributed by atoms with Crippen LogP contribution in [0.2, 0.25) is 5.02 Å². The van der Waals surface area contributed by atoms with Crippen molar-refractivity contribution in [3.05, 3.63) is 75.2 Å². The van der Waals surface area contributed by atoms with Gasteiger partial charge in [-0.3, -0.25) is 4.79 Å². The van der Waals surface area contributed by atoms with Gasteiger partial charge in [0.05, 0.1) is 5.41 Å². The van der Waals surface area contributed by atoms with Gasteiger partial charge < -0.3 is 10.7 Å². The third-order valence-electron chi connectivity index (χ3n) is 5.90. The fourth-order valence-electron chi connectivity index (χ4n) is 4.83.